The van der Waals surface area contributed by atoms with E-state index in [1.165, 1.54) is 48.8 Å². The zero-order valence-corrected chi connectivity index (χ0v) is 12.0. The molecule has 1 N–H and O–H groups in total. The first-order valence-corrected chi connectivity index (χ1v) is 7.87. The predicted molar refractivity (Wildman–Crippen MR) is 76.9 cm³/mol. The third-order valence-electron chi connectivity index (χ3n) is 6.21. The molecule has 4 aliphatic rings. The molecule has 0 unspecified atom stereocenters. The van der Waals surface area contributed by atoms with Crippen LogP contribution in [0.3, 0.4) is 0 Å². The van der Waals surface area contributed by atoms with Crippen LogP contribution in [-0.4, -0.2) is 5.11 Å². The molecule has 1 aromatic rings. The van der Waals surface area contributed by atoms with Gasteiger partial charge >= 0.3 is 0 Å². The third-order valence-corrected chi connectivity index (χ3v) is 6.21. The SMILES string of the molecule is Cc1ccc(C)c(C2(O)C3CC4CC(C3)CC2C4)c1. The number of benzene rings is 1. The van der Waals surface area contributed by atoms with Gasteiger partial charge in [-0.15, -0.1) is 0 Å². The molecule has 0 atom stereocenters. The third kappa shape index (κ3) is 1.57. The molecular weight excluding hydrogens is 232 g/mol. The van der Waals surface area contributed by atoms with Crippen molar-refractivity contribution in [3.8, 4) is 0 Å². The summed E-state index contributed by atoms with van der Waals surface area (Å²) in [6.45, 7) is 4.31. The smallest absolute Gasteiger partial charge is 0.0955 e. The summed E-state index contributed by atoms with van der Waals surface area (Å²) in [6, 6.07) is 6.60. The zero-order valence-electron chi connectivity index (χ0n) is 12.0. The Kier molecular flexibility index (Phi) is 2.42. The lowest BCUT2D eigenvalue weighted by Gasteiger charge is -2.59. The summed E-state index contributed by atoms with van der Waals surface area (Å²) >= 11 is 0. The quantitative estimate of drug-likeness (QED) is 0.806. The summed E-state index contributed by atoms with van der Waals surface area (Å²) in [5.41, 5.74) is 3.27. The van der Waals surface area contributed by atoms with Gasteiger partial charge in [-0.2, -0.15) is 0 Å². The summed E-state index contributed by atoms with van der Waals surface area (Å²) in [6.07, 6.45) is 6.48. The van der Waals surface area contributed by atoms with Crippen molar-refractivity contribution in [1.29, 1.82) is 0 Å². The molecule has 4 saturated carbocycles. The lowest BCUT2D eigenvalue weighted by Crippen LogP contribution is -2.55. The molecule has 1 heteroatoms. The Morgan fingerprint density at radius 1 is 0.947 bits per heavy atom. The van der Waals surface area contributed by atoms with Crippen LogP contribution in [0.4, 0.5) is 0 Å². The monoisotopic (exact) mass is 256 g/mol. The summed E-state index contributed by atoms with van der Waals surface area (Å²) in [7, 11) is 0. The lowest BCUT2D eigenvalue weighted by atomic mass is 9.48. The summed E-state index contributed by atoms with van der Waals surface area (Å²) < 4.78 is 0. The second kappa shape index (κ2) is 3.85. The van der Waals surface area contributed by atoms with Gasteiger partial charge in [0.25, 0.3) is 0 Å². The van der Waals surface area contributed by atoms with Crippen LogP contribution in [0, 0.1) is 37.5 Å². The highest BCUT2D eigenvalue weighted by Crippen LogP contribution is 2.62. The number of aryl methyl sites for hydroxylation is 2. The normalized spacial score (nSPS) is 43.7. The van der Waals surface area contributed by atoms with Gasteiger partial charge in [-0.1, -0.05) is 23.8 Å². The van der Waals surface area contributed by atoms with Crippen LogP contribution >= 0.6 is 0 Å². The largest absolute Gasteiger partial charge is 0.385 e. The maximum absolute atomic E-state index is 11.6. The van der Waals surface area contributed by atoms with Gasteiger partial charge in [0.1, 0.15) is 0 Å². The second-order valence-electron chi connectivity index (χ2n) is 7.45. The number of hydrogen-bond donors (Lipinski definition) is 1. The van der Waals surface area contributed by atoms with Crippen LogP contribution < -0.4 is 0 Å². The minimum atomic E-state index is -0.524. The van der Waals surface area contributed by atoms with Gasteiger partial charge in [-0.05, 0) is 80.8 Å². The van der Waals surface area contributed by atoms with Crippen LogP contribution in [0.2, 0.25) is 0 Å². The molecule has 0 amide bonds. The van der Waals surface area contributed by atoms with E-state index in [9.17, 15) is 5.11 Å². The maximum Gasteiger partial charge on any atom is 0.0955 e. The molecule has 0 aliphatic heterocycles. The molecule has 1 nitrogen and oxygen atoms in total. The van der Waals surface area contributed by atoms with E-state index in [-0.39, 0.29) is 0 Å². The molecule has 0 spiro atoms. The van der Waals surface area contributed by atoms with E-state index in [2.05, 4.69) is 32.0 Å². The van der Waals surface area contributed by atoms with Crippen molar-refractivity contribution in [2.75, 3.05) is 0 Å². The molecule has 1 aromatic carbocycles. The summed E-state index contributed by atoms with van der Waals surface area (Å²) in [5, 5.41) is 11.6. The Labute approximate surface area is 116 Å². The molecule has 0 saturated heterocycles. The highest BCUT2D eigenvalue weighted by Gasteiger charge is 2.57. The van der Waals surface area contributed by atoms with Crippen LogP contribution in [0.15, 0.2) is 18.2 Å². The van der Waals surface area contributed by atoms with Crippen LogP contribution in [0.1, 0.15) is 48.8 Å². The van der Waals surface area contributed by atoms with E-state index in [1.54, 1.807) is 0 Å². The Bertz CT molecular complexity index is 488. The molecule has 4 fully saturated rings. The van der Waals surface area contributed by atoms with Crippen LogP contribution in [0.25, 0.3) is 0 Å². The first kappa shape index (κ1) is 12.0. The van der Waals surface area contributed by atoms with E-state index in [4.69, 9.17) is 0 Å². The minimum absolute atomic E-state index is 0.518. The van der Waals surface area contributed by atoms with Crippen molar-refractivity contribution in [3.63, 3.8) is 0 Å². The van der Waals surface area contributed by atoms with Crippen LogP contribution in [0.5, 0.6) is 0 Å². The van der Waals surface area contributed by atoms with Crippen molar-refractivity contribution >= 4 is 0 Å². The second-order valence-corrected chi connectivity index (χ2v) is 7.45. The zero-order chi connectivity index (χ0) is 13.2. The minimum Gasteiger partial charge on any atom is -0.385 e. The Morgan fingerprint density at radius 3 is 2.11 bits per heavy atom. The maximum atomic E-state index is 11.6. The van der Waals surface area contributed by atoms with E-state index < -0.39 is 5.60 Å². The van der Waals surface area contributed by atoms with Crippen molar-refractivity contribution in [3.05, 3.63) is 34.9 Å². The van der Waals surface area contributed by atoms with Gasteiger partial charge in [0.2, 0.25) is 0 Å². The van der Waals surface area contributed by atoms with Crippen molar-refractivity contribution < 1.29 is 5.11 Å². The highest BCUT2D eigenvalue weighted by molar-refractivity contribution is 5.37. The molecule has 0 aromatic heterocycles. The van der Waals surface area contributed by atoms with Gasteiger partial charge in [-0.3, -0.25) is 0 Å². The van der Waals surface area contributed by atoms with E-state index in [1.807, 2.05) is 0 Å². The topological polar surface area (TPSA) is 20.2 Å². The van der Waals surface area contributed by atoms with Crippen molar-refractivity contribution in [2.24, 2.45) is 23.7 Å². The molecular formula is C18H24O. The van der Waals surface area contributed by atoms with Gasteiger partial charge in [0, 0.05) is 0 Å². The molecule has 4 aliphatic carbocycles. The molecule has 0 heterocycles. The average Bonchev–Trinajstić information content (AvgIpc) is 2.38. The van der Waals surface area contributed by atoms with E-state index >= 15 is 0 Å². The van der Waals surface area contributed by atoms with Gasteiger partial charge in [0.15, 0.2) is 0 Å². The molecule has 102 valence electrons. The Balaban J connectivity index is 1.82. The summed E-state index contributed by atoms with van der Waals surface area (Å²) in [5.74, 6) is 2.86. The number of hydrogen-bond acceptors (Lipinski definition) is 1. The summed E-state index contributed by atoms with van der Waals surface area (Å²) in [4.78, 5) is 0. The fraction of sp³-hybridized carbons (Fsp3) is 0.667. The highest BCUT2D eigenvalue weighted by atomic mass is 16.3. The standard InChI is InChI=1S/C18H24O/c1-11-3-4-12(2)17(5-11)18(19)15-7-13-6-14(9-15)10-16(18)8-13/h3-5,13-16,19H,6-10H2,1-2H3. The Hall–Kier alpha value is -0.820. The van der Waals surface area contributed by atoms with Gasteiger partial charge in [-0.25, -0.2) is 0 Å². The number of aliphatic hydroxyl groups is 1. The average molecular weight is 256 g/mol. The van der Waals surface area contributed by atoms with Gasteiger partial charge < -0.3 is 5.11 Å². The van der Waals surface area contributed by atoms with E-state index in [0.717, 1.165) is 11.8 Å². The fourth-order valence-corrected chi connectivity index (χ4v) is 5.51. The van der Waals surface area contributed by atoms with Crippen molar-refractivity contribution in [1.82, 2.24) is 0 Å². The van der Waals surface area contributed by atoms with Gasteiger partial charge in [0.05, 0.1) is 5.60 Å². The fourth-order valence-electron chi connectivity index (χ4n) is 5.51. The Morgan fingerprint density at radius 2 is 1.53 bits per heavy atom. The number of rotatable bonds is 1. The predicted octanol–water partition coefficient (Wildman–Crippen LogP) is 3.95. The lowest BCUT2D eigenvalue weighted by molar-refractivity contribution is -0.179. The van der Waals surface area contributed by atoms with E-state index in [0.29, 0.717) is 11.8 Å². The van der Waals surface area contributed by atoms with Crippen molar-refractivity contribution in [2.45, 2.75) is 51.6 Å². The molecule has 5 rings (SSSR count). The molecule has 4 bridgehead atoms. The molecule has 19 heavy (non-hydrogen) atoms. The van der Waals surface area contributed by atoms with Crippen LogP contribution in [-0.2, 0) is 5.60 Å². The first-order valence-electron chi connectivity index (χ1n) is 7.87. The molecule has 0 radical (unpaired) electrons. The first-order chi connectivity index (χ1) is 9.07.